The van der Waals surface area contributed by atoms with Crippen LogP contribution in [0.25, 0.3) is 0 Å². The van der Waals surface area contributed by atoms with Gasteiger partial charge in [0, 0.05) is 6.54 Å². The highest BCUT2D eigenvalue weighted by atomic mass is 35.5. The zero-order valence-corrected chi connectivity index (χ0v) is 15.1. The number of hydrogen-bond acceptors (Lipinski definition) is 3. The zero-order chi connectivity index (χ0) is 17.5. The fourth-order valence-electron chi connectivity index (χ4n) is 2.41. The summed E-state index contributed by atoms with van der Waals surface area (Å²) in [6.45, 7) is 5.37. The molecule has 4 nitrogen and oxygen atoms in total. The number of benzene rings is 2. The van der Waals surface area contributed by atoms with E-state index in [2.05, 4.69) is 5.32 Å². The number of anilines is 1. The fourth-order valence-corrected chi connectivity index (χ4v) is 2.78. The third-order valence-electron chi connectivity index (χ3n) is 3.59. The van der Waals surface area contributed by atoms with Crippen LogP contribution in [-0.2, 0) is 4.79 Å². The number of nitrogens with one attached hydrogen (secondary N) is 1. The largest absolute Gasteiger partial charge is 0.492 e. The van der Waals surface area contributed by atoms with Crippen molar-refractivity contribution in [2.45, 2.75) is 13.8 Å². The van der Waals surface area contributed by atoms with Crippen LogP contribution in [0.15, 0.2) is 42.5 Å². The van der Waals surface area contributed by atoms with Gasteiger partial charge in [-0.1, -0.05) is 35.9 Å². The van der Waals surface area contributed by atoms with E-state index in [0.717, 1.165) is 16.9 Å². The first-order valence-electron chi connectivity index (χ1n) is 7.88. The van der Waals surface area contributed by atoms with Gasteiger partial charge in [-0.3, -0.25) is 9.69 Å². The Hall–Kier alpha value is -2.04. The molecule has 0 heterocycles. The molecule has 128 valence electrons. The molecule has 0 bridgehead atoms. The van der Waals surface area contributed by atoms with Crippen LogP contribution in [0.2, 0.25) is 5.02 Å². The van der Waals surface area contributed by atoms with Gasteiger partial charge in [0.1, 0.15) is 12.4 Å². The van der Waals surface area contributed by atoms with Crippen molar-refractivity contribution in [2.24, 2.45) is 0 Å². The third kappa shape index (κ3) is 5.55. The van der Waals surface area contributed by atoms with E-state index >= 15 is 0 Å². The summed E-state index contributed by atoms with van der Waals surface area (Å²) in [5, 5.41) is 3.46. The smallest absolute Gasteiger partial charge is 0.238 e. The van der Waals surface area contributed by atoms with E-state index in [1.54, 1.807) is 0 Å². The Balaban J connectivity index is 1.79. The monoisotopic (exact) mass is 346 g/mol. The molecule has 0 radical (unpaired) electrons. The van der Waals surface area contributed by atoms with E-state index in [9.17, 15) is 4.79 Å². The minimum Gasteiger partial charge on any atom is -0.492 e. The van der Waals surface area contributed by atoms with Gasteiger partial charge >= 0.3 is 0 Å². The molecule has 0 saturated carbocycles. The van der Waals surface area contributed by atoms with Crippen LogP contribution >= 0.6 is 11.6 Å². The predicted octanol–water partition coefficient (Wildman–Crippen LogP) is 3.91. The quantitative estimate of drug-likeness (QED) is 0.826. The summed E-state index contributed by atoms with van der Waals surface area (Å²) in [6, 6.07) is 13.5. The van der Waals surface area contributed by atoms with Gasteiger partial charge in [-0.2, -0.15) is 0 Å². The molecule has 0 aliphatic heterocycles. The summed E-state index contributed by atoms with van der Waals surface area (Å²) in [7, 11) is 1.89. The molecule has 0 saturated heterocycles. The van der Waals surface area contributed by atoms with E-state index in [0.29, 0.717) is 23.9 Å². The molecule has 0 aliphatic carbocycles. The van der Waals surface area contributed by atoms with E-state index in [4.69, 9.17) is 16.3 Å². The van der Waals surface area contributed by atoms with Crippen molar-refractivity contribution in [3.05, 3.63) is 58.6 Å². The van der Waals surface area contributed by atoms with Crippen molar-refractivity contribution >= 4 is 23.2 Å². The van der Waals surface area contributed by atoms with Crippen molar-refractivity contribution in [3.63, 3.8) is 0 Å². The number of halogens is 1. The second kappa shape index (κ2) is 8.71. The molecular formula is C19H23ClN2O2. The average Bonchev–Trinajstić information content (AvgIpc) is 2.52. The highest BCUT2D eigenvalue weighted by Gasteiger charge is 2.11. The minimum atomic E-state index is -0.0916. The molecule has 0 atom stereocenters. The van der Waals surface area contributed by atoms with Gasteiger partial charge in [-0.25, -0.2) is 0 Å². The van der Waals surface area contributed by atoms with E-state index < -0.39 is 0 Å². The molecule has 2 rings (SSSR count). The lowest BCUT2D eigenvalue weighted by Crippen LogP contribution is -2.33. The standard InChI is InChI=1S/C19H23ClN2O2/c1-14-11-15(2)19(17(20)12-14)21-18(23)13-22(3)9-10-24-16-7-5-4-6-8-16/h4-8,11-12H,9-10,13H2,1-3H3,(H,21,23). The Bertz CT molecular complexity index is 666. The number of para-hydroxylation sites is 1. The van der Waals surface area contributed by atoms with Gasteiger partial charge in [-0.05, 0) is 50.2 Å². The van der Waals surface area contributed by atoms with Crippen LogP contribution in [0.3, 0.4) is 0 Å². The van der Waals surface area contributed by atoms with E-state index in [-0.39, 0.29) is 12.5 Å². The lowest BCUT2D eigenvalue weighted by Gasteiger charge is -2.18. The number of carbonyl (C=O) groups is 1. The van der Waals surface area contributed by atoms with Gasteiger partial charge in [0.15, 0.2) is 0 Å². The number of aryl methyl sites for hydroxylation is 2. The highest BCUT2D eigenvalue weighted by Crippen LogP contribution is 2.27. The lowest BCUT2D eigenvalue weighted by molar-refractivity contribution is -0.117. The third-order valence-corrected chi connectivity index (χ3v) is 3.89. The SMILES string of the molecule is Cc1cc(C)c(NC(=O)CN(C)CCOc2ccccc2)c(Cl)c1. The van der Waals surface area contributed by atoms with Crippen LogP contribution in [-0.4, -0.2) is 37.6 Å². The Morgan fingerprint density at radius 3 is 2.58 bits per heavy atom. The molecule has 1 N–H and O–H groups in total. The topological polar surface area (TPSA) is 41.6 Å². The van der Waals surface area contributed by atoms with Crippen LogP contribution in [0, 0.1) is 13.8 Å². The minimum absolute atomic E-state index is 0.0916. The Morgan fingerprint density at radius 1 is 1.21 bits per heavy atom. The summed E-state index contributed by atoms with van der Waals surface area (Å²) < 4.78 is 5.63. The number of amides is 1. The summed E-state index contributed by atoms with van der Waals surface area (Å²) in [6.07, 6.45) is 0. The predicted molar refractivity (Wildman–Crippen MR) is 99.0 cm³/mol. The first kappa shape index (κ1) is 18.3. The van der Waals surface area contributed by atoms with Crippen molar-refractivity contribution in [2.75, 3.05) is 32.1 Å². The maximum Gasteiger partial charge on any atom is 0.238 e. The normalized spacial score (nSPS) is 10.7. The number of ether oxygens (including phenoxy) is 1. The second-order valence-corrected chi connectivity index (χ2v) is 6.29. The average molecular weight is 347 g/mol. The number of rotatable bonds is 7. The van der Waals surface area contributed by atoms with E-state index in [1.165, 1.54) is 0 Å². The summed E-state index contributed by atoms with van der Waals surface area (Å²) in [5.74, 6) is 0.739. The first-order chi connectivity index (χ1) is 11.5. The van der Waals surface area contributed by atoms with Crippen molar-refractivity contribution in [1.29, 1.82) is 0 Å². The van der Waals surface area contributed by atoms with Gasteiger partial charge in [-0.15, -0.1) is 0 Å². The van der Waals surface area contributed by atoms with Gasteiger partial charge in [0.25, 0.3) is 0 Å². The second-order valence-electron chi connectivity index (χ2n) is 5.89. The van der Waals surface area contributed by atoms with Crippen molar-refractivity contribution < 1.29 is 9.53 Å². The summed E-state index contributed by atoms with van der Waals surface area (Å²) >= 11 is 6.22. The van der Waals surface area contributed by atoms with Gasteiger partial charge < -0.3 is 10.1 Å². The Morgan fingerprint density at radius 2 is 1.92 bits per heavy atom. The Labute approximate surface area is 148 Å². The fraction of sp³-hybridized carbons (Fsp3) is 0.316. The summed E-state index contributed by atoms with van der Waals surface area (Å²) in [5.41, 5.74) is 2.72. The van der Waals surface area contributed by atoms with Crippen LogP contribution in [0.1, 0.15) is 11.1 Å². The molecule has 1 amide bonds. The number of carbonyl (C=O) groups excluding carboxylic acids is 1. The molecule has 5 heteroatoms. The van der Waals surface area contributed by atoms with Crippen molar-refractivity contribution in [1.82, 2.24) is 4.90 Å². The van der Waals surface area contributed by atoms with Crippen molar-refractivity contribution in [3.8, 4) is 5.75 Å². The molecule has 2 aromatic carbocycles. The molecule has 24 heavy (non-hydrogen) atoms. The molecule has 0 spiro atoms. The molecule has 0 aromatic heterocycles. The Kier molecular flexibility index (Phi) is 6.64. The lowest BCUT2D eigenvalue weighted by atomic mass is 10.1. The molecule has 0 aliphatic rings. The maximum atomic E-state index is 12.2. The van der Waals surface area contributed by atoms with E-state index in [1.807, 2.05) is 68.3 Å². The number of nitrogens with zero attached hydrogens (tertiary/aromatic N) is 1. The highest BCUT2D eigenvalue weighted by molar-refractivity contribution is 6.34. The van der Waals surface area contributed by atoms with Gasteiger partial charge in [0.2, 0.25) is 5.91 Å². The molecule has 0 unspecified atom stereocenters. The zero-order valence-electron chi connectivity index (χ0n) is 14.3. The molecule has 0 fully saturated rings. The number of likely N-dealkylation sites (N-methyl/N-ethyl adjacent to an activating group) is 1. The number of hydrogen-bond donors (Lipinski definition) is 1. The van der Waals surface area contributed by atoms with Crippen LogP contribution in [0.4, 0.5) is 5.69 Å². The molecule has 2 aromatic rings. The van der Waals surface area contributed by atoms with Crippen LogP contribution in [0.5, 0.6) is 5.75 Å². The first-order valence-corrected chi connectivity index (χ1v) is 8.26. The van der Waals surface area contributed by atoms with Gasteiger partial charge in [0.05, 0.1) is 17.3 Å². The summed E-state index contributed by atoms with van der Waals surface area (Å²) in [4.78, 5) is 14.1. The molecular weight excluding hydrogens is 324 g/mol. The van der Waals surface area contributed by atoms with Crippen LogP contribution < -0.4 is 10.1 Å². The maximum absolute atomic E-state index is 12.2.